The van der Waals surface area contributed by atoms with Crippen LogP contribution in [0.5, 0.6) is 0 Å². The van der Waals surface area contributed by atoms with Gasteiger partial charge in [-0.25, -0.2) is 0 Å². The van der Waals surface area contributed by atoms with Crippen LogP contribution in [0.15, 0.2) is 18.2 Å². The lowest BCUT2D eigenvalue weighted by atomic mass is 9.66. The van der Waals surface area contributed by atoms with E-state index < -0.39 is 0 Å². The van der Waals surface area contributed by atoms with Gasteiger partial charge in [0, 0.05) is 0 Å². The standard InChI is InChI=1S/C17H26/c1-13-8-9-15-14(11-13)7-6-10-16(2,3)12-17(15,4)5/h8-9,11H,6-7,10,12H2,1-5H3. The molecule has 0 aromatic heterocycles. The van der Waals surface area contributed by atoms with Crippen LogP contribution in [0.1, 0.15) is 63.6 Å². The molecular formula is C17H26. The molecule has 0 spiro atoms. The largest absolute Gasteiger partial charge is 0.0599 e. The molecule has 1 aromatic rings. The lowest BCUT2D eigenvalue weighted by molar-refractivity contribution is 0.226. The van der Waals surface area contributed by atoms with Crippen molar-refractivity contribution in [1.29, 1.82) is 0 Å². The molecule has 0 radical (unpaired) electrons. The third kappa shape index (κ3) is 2.73. The predicted molar refractivity (Wildman–Crippen MR) is 75.5 cm³/mol. The number of hydrogen-bond donors (Lipinski definition) is 0. The normalized spacial score (nSPS) is 22.4. The second-order valence-corrected chi connectivity index (χ2v) is 7.24. The van der Waals surface area contributed by atoms with Crippen LogP contribution in [0.2, 0.25) is 0 Å². The van der Waals surface area contributed by atoms with Crippen LogP contribution in [-0.4, -0.2) is 0 Å². The SMILES string of the molecule is Cc1ccc2c(c1)CCCC(C)(C)CC2(C)C. The summed E-state index contributed by atoms with van der Waals surface area (Å²) in [6.45, 7) is 11.9. The van der Waals surface area contributed by atoms with Crippen molar-refractivity contribution in [2.75, 3.05) is 0 Å². The zero-order valence-electron chi connectivity index (χ0n) is 12.1. The highest BCUT2D eigenvalue weighted by atomic mass is 14.4. The van der Waals surface area contributed by atoms with Gasteiger partial charge in [0.1, 0.15) is 0 Å². The van der Waals surface area contributed by atoms with Crippen LogP contribution in [0.3, 0.4) is 0 Å². The highest BCUT2D eigenvalue weighted by Crippen LogP contribution is 2.43. The maximum absolute atomic E-state index is 2.42. The zero-order chi connectivity index (χ0) is 12.7. The average molecular weight is 230 g/mol. The van der Waals surface area contributed by atoms with E-state index in [0.29, 0.717) is 10.8 Å². The molecule has 2 rings (SSSR count). The summed E-state index contributed by atoms with van der Waals surface area (Å²) in [7, 11) is 0. The molecule has 17 heavy (non-hydrogen) atoms. The minimum atomic E-state index is 0.312. The molecular weight excluding hydrogens is 204 g/mol. The molecule has 0 nitrogen and oxygen atoms in total. The van der Waals surface area contributed by atoms with Gasteiger partial charge in [0.05, 0.1) is 0 Å². The second kappa shape index (κ2) is 4.15. The van der Waals surface area contributed by atoms with Gasteiger partial charge < -0.3 is 0 Å². The zero-order valence-corrected chi connectivity index (χ0v) is 12.1. The molecule has 0 atom stereocenters. The molecule has 0 bridgehead atoms. The molecule has 94 valence electrons. The van der Waals surface area contributed by atoms with Gasteiger partial charge in [0.15, 0.2) is 0 Å². The number of benzene rings is 1. The van der Waals surface area contributed by atoms with Gasteiger partial charge in [-0.2, -0.15) is 0 Å². The van der Waals surface area contributed by atoms with E-state index in [0.717, 1.165) is 0 Å². The maximum atomic E-state index is 2.42. The fourth-order valence-corrected chi connectivity index (χ4v) is 3.73. The van der Waals surface area contributed by atoms with Gasteiger partial charge in [-0.15, -0.1) is 0 Å². The van der Waals surface area contributed by atoms with Crippen molar-refractivity contribution in [3.8, 4) is 0 Å². The van der Waals surface area contributed by atoms with Crippen molar-refractivity contribution >= 4 is 0 Å². The van der Waals surface area contributed by atoms with Crippen molar-refractivity contribution in [2.24, 2.45) is 5.41 Å². The molecule has 0 amide bonds. The van der Waals surface area contributed by atoms with E-state index in [4.69, 9.17) is 0 Å². The van der Waals surface area contributed by atoms with E-state index >= 15 is 0 Å². The summed E-state index contributed by atoms with van der Waals surface area (Å²) in [6, 6.07) is 7.04. The van der Waals surface area contributed by atoms with Crippen molar-refractivity contribution in [3.05, 3.63) is 34.9 Å². The van der Waals surface area contributed by atoms with Gasteiger partial charge >= 0.3 is 0 Å². The lowest BCUT2D eigenvalue weighted by Crippen LogP contribution is -2.29. The van der Waals surface area contributed by atoms with Crippen LogP contribution in [0.25, 0.3) is 0 Å². The van der Waals surface area contributed by atoms with E-state index in [9.17, 15) is 0 Å². The van der Waals surface area contributed by atoms with Crippen molar-refractivity contribution < 1.29 is 0 Å². The van der Waals surface area contributed by atoms with Gasteiger partial charge in [-0.05, 0) is 54.6 Å². The Morgan fingerprint density at radius 1 is 1.06 bits per heavy atom. The third-order valence-electron chi connectivity index (χ3n) is 4.21. The summed E-state index contributed by atoms with van der Waals surface area (Å²) in [5, 5.41) is 0. The Hall–Kier alpha value is -0.780. The summed E-state index contributed by atoms with van der Waals surface area (Å²) in [6.07, 6.45) is 5.23. The summed E-state index contributed by atoms with van der Waals surface area (Å²) >= 11 is 0. The average Bonchev–Trinajstić information content (AvgIpc) is 2.13. The Labute approximate surface area is 106 Å². The van der Waals surface area contributed by atoms with Gasteiger partial charge in [-0.3, -0.25) is 0 Å². The topological polar surface area (TPSA) is 0 Å². The molecule has 0 saturated carbocycles. The van der Waals surface area contributed by atoms with E-state index in [1.54, 1.807) is 11.1 Å². The Bertz CT molecular complexity index is 410. The molecule has 0 fully saturated rings. The summed E-state index contributed by atoms with van der Waals surface area (Å²) < 4.78 is 0. The fourth-order valence-electron chi connectivity index (χ4n) is 3.73. The molecule has 1 aromatic carbocycles. The monoisotopic (exact) mass is 230 g/mol. The maximum Gasteiger partial charge on any atom is -0.00958 e. The Morgan fingerprint density at radius 3 is 2.47 bits per heavy atom. The first kappa shape index (κ1) is 12.7. The lowest BCUT2D eigenvalue weighted by Gasteiger charge is -2.39. The van der Waals surface area contributed by atoms with Crippen LogP contribution in [0.4, 0.5) is 0 Å². The molecule has 0 N–H and O–H groups in total. The van der Waals surface area contributed by atoms with Crippen molar-refractivity contribution in [3.63, 3.8) is 0 Å². The van der Waals surface area contributed by atoms with Crippen molar-refractivity contribution in [1.82, 2.24) is 0 Å². The quantitative estimate of drug-likeness (QED) is 0.586. The van der Waals surface area contributed by atoms with Crippen molar-refractivity contribution in [2.45, 2.75) is 65.7 Å². The number of aryl methyl sites for hydroxylation is 2. The van der Waals surface area contributed by atoms with E-state index in [1.165, 1.54) is 31.2 Å². The number of hydrogen-bond acceptors (Lipinski definition) is 0. The molecule has 0 aliphatic heterocycles. The highest BCUT2D eigenvalue weighted by Gasteiger charge is 2.33. The van der Waals surface area contributed by atoms with Crippen LogP contribution in [-0.2, 0) is 11.8 Å². The molecule has 0 heterocycles. The minimum Gasteiger partial charge on any atom is -0.0599 e. The molecule has 0 unspecified atom stereocenters. The molecule has 1 aliphatic carbocycles. The van der Waals surface area contributed by atoms with E-state index in [1.807, 2.05) is 0 Å². The summed E-state index contributed by atoms with van der Waals surface area (Å²) in [4.78, 5) is 0. The minimum absolute atomic E-state index is 0.312. The van der Waals surface area contributed by atoms with Crippen LogP contribution < -0.4 is 0 Å². The molecule has 0 heteroatoms. The third-order valence-corrected chi connectivity index (χ3v) is 4.21. The Kier molecular flexibility index (Phi) is 3.10. The Morgan fingerprint density at radius 2 is 1.76 bits per heavy atom. The smallest absolute Gasteiger partial charge is 0.00958 e. The Balaban J connectivity index is 2.46. The predicted octanol–water partition coefficient (Wildman–Crippen LogP) is 5.03. The second-order valence-electron chi connectivity index (χ2n) is 7.24. The van der Waals surface area contributed by atoms with Crippen LogP contribution >= 0.6 is 0 Å². The number of rotatable bonds is 0. The van der Waals surface area contributed by atoms with Crippen LogP contribution in [0, 0.1) is 12.3 Å². The fraction of sp³-hybridized carbons (Fsp3) is 0.647. The molecule has 1 aliphatic rings. The van der Waals surface area contributed by atoms with Gasteiger partial charge in [0.2, 0.25) is 0 Å². The first-order chi connectivity index (χ1) is 7.80. The summed E-state index contributed by atoms with van der Waals surface area (Å²) in [5.41, 5.74) is 5.36. The van der Waals surface area contributed by atoms with E-state index in [2.05, 4.69) is 52.8 Å². The highest BCUT2D eigenvalue weighted by molar-refractivity contribution is 5.37. The number of fused-ring (bicyclic) bond motifs is 1. The van der Waals surface area contributed by atoms with Gasteiger partial charge in [-0.1, -0.05) is 51.5 Å². The van der Waals surface area contributed by atoms with Gasteiger partial charge in [0.25, 0.3) is 0 Å². The summed E-state index contributed by atoms with van der Waals surface area (Å²) in [5.74, 6) is 0. The first-order valence-electron chi connectivity index (χ1n) is 6.90. The molecule has 0 saturated heterocycles. The first-order valence-corrected chi connectivity index (χ1v) is 6.90. The van der Waals surface area contributed by atoms with E-state index in [-0.39, 0.29) is 0 Å².